The Labute approximate surface area is 191 Å². The molecule has 0 unspecified atom stereocenters. The molecule has 0 saturated carbocycles. The van der Waals surface area contributed by atoms with Crippen LogP contribution in [0.1, 0.15) is 51.1 Å². The highest BCUT2D eigenvalue weighted by Crippen LogP contribution is 2.32. The van der Waals surface area contributed by atoms with Crippen molar-refractivity contribution >= 4 is 40.3 Å². The predicted octanol–water partition coefficient (Wildman–Crippen LogP) is 4.07. The quantitative estimate of drug-likeness (QED) is 0.363. The molecule has 32 heavy (non-hydrogen) atoms. The predicted molar refractivity (Wildman–Crippen MR) is 123 cm³/mol. The first kappa shape index (κ1) is 24.9. The van der Waals surface area contributed by atoms with Crippen molar-refractivity contribution < 1.29 is 23.9 Å². The molecule has 2 aromatic heterocycles. The minimum atomic E-state index is -0.894. The molecule has 0 aliphatic heterocycles. The number of hydrogen-bond acceptors (Lipinski definition) is 7. The molecule has 2 heterocycles. The Bertz CT molecular complexity index is 1120. The maximum absolute atomic E-state index is 12.4. The molecule has 0 aromatic carbocycles. The Morgan fingerprint density at radius 3 is 2.53 bits per heavy atom. The smallest absolute Gasteiger partial charge is 0.349 e. The lowest BCUT2D eigenvalue weighted by Gasteiger charge is -2.08. The van der Waals surface area contributed by atoms with Gasteiger partial charge in [-0.1, -0.05) is 6.92 Å². The lowest BCUT2D eigenvalue weighted by molar-refractivity contribution is -0.142. The maximum Gasteiger partial charge on any atom is 0.349 e. The van der Waals surface area contributed by atoms with Crippen molar-refractivity contribution in [2.45, 2.75) is 47.6 Å². The van der Waals surface area contributed by atoms with E-state index in [2.05, 4.69) is 16.8 Å². The van der Waals surface area contributed by atoms with E-state index in [4.69, 9.17) is 9.47 Å². The molecule has 0 fully saturated rings. The van der Waals surface area contributed by atoms with Gasteiger partial charge in [-0.25, -0.2) is 9.59 Å². The molecule has 0 atom stereocenters. The number of methoxy groups -OCH3 is 1. The molecular weight excluding hydrogens is 430 g/mol. The molecular formula is C23H27N3O5S. The van der Waals surface area contributed by atoms with E-state index in [9.17, 15) is 19.6 Å². The summed E-state index contributed by atoms with van der Waals surface area (Å²) in [5, 5.41) is 12.3. The van der Waals surface area contributed by atoms with Gasteiger partial charge in [0.25, 0.3) is 5.91 Å². The van der Waals surface area contributed by atoms with E-state index >= 15 is 0 Å². The monoisotopic (exact) mass is 457 g/mol. The summed E-state index contributed by atoms with van der Waals surface area (Å²) >= 11 is 1.23. The number of ether oxygens (including phenoxy) is 2. The van der Waals surface area contributed by atoms with E-state index in [1.165, 1.54) is 24.5 Å². The number of rotatable bonds is 8. The average Bonchev–Trinajstić information content (AvgIpc) is 3.19. The Hall–Kier alpha value is -3.38. The van der Waals surface area contributed by atoms with Crippen molar-refractivity contribution in [3.8, 4) is 6.07 Å². The molecule has 0 radical (unpaired) electrons. The molecule has 1 amide bonds. The fourth-order valence-electron chi connectivity index (χ4n) is 3.27. The van der Waals surface area contributed by atoms with Crippen LogP contribution < -0.4 is 5.32 Å². The number of carbonyl (C=O) groups excluding carboxylic acids is 3. The van der Waals surface area contributed by atoms with Gasteiger partial charge >= 0.3 is 11.9 Å². The molecule has 170 valence electrons. The molecule has 2 rings (SSSR count). The third-order valence-corrected chi connectivity index (χ3v) is 6.19. The number of anilines is 1. The van der Waals surface area contributed by atoms with E-state index in [0.717, 1.165) is 34.8 Å². The van der Waals surface area contributed by atoms with Gasteiger partial charge in [0, 0.05) is 22.8 Å². The van der Waals surface area contributed by atoms with Gasteiger partial charge in [0.05, 0.1) is 12.7 Å². The van der Waals surface area contributed by atoms with Crippen molar-refractivity contribution in [3.63, 3.8) is 0 Å². The number of aryl methyl sites for hydroxylation is 2. The van der Waals surface area contributed by atoms with Crippen LogP contribution in [0.5, 0.6) is 0 Å². The molecule has 0 aliphatic rings. The summed E-state index contributed by atoms with van der Waals surface area (Å²) in [7, 11) is 1.26. The van der Waals surface area contributed by atoms with E-state index in [0.29, 0.717) is 10.6 Å². The molecule has 0 aliphatic carbocycles. The van der Waals surface area contributed by atoms with Crippen LogP contribution in [0.15, 0.2) is 11.6 Å². The second kappa shape index (κ2) is 10.8. The number of thiophene rings is 1. The van der Waals surface area contributed by atoms with Crippen LogP contribution in [-0.4, -0.2) is 36.1 Å². The Morgan fingerprint density at radius 2 is 1.94 bits per heavy atom. The molecule has 0 bridgehead atoms. The van der Waals surface area contributed by atoms with Crippen molar-refractivity contribution in [2.24, 2.45) is 0 Å². The van der Waals surface area contributed by atoms with Gasteiger partial charge in [-0.3, -0.25) is 4.79 Å². The SMILES string of the molecule is CCCn1c(C)cc(/C=C(\C#N)C(=O)OCC(=O)Nc2sc(C)c(C)c2C(=O)OC)c1C. The summed E-state index contributed by atoms with van der Waals surface area (Å²) in [6.45, 7) is 9.79. The second-order valence-corrected chi connectivity index (χ2v) is 8.48. The fraction of sp³-hybridized carbons (Fsp3) is 0.391. The van der Waals surface area contributed by atoms with Gasteiger partial charge in [0.15, 0.2) is 6.61 Å². The summed E-state index contributed by atoms with van der Waals surface area (Å²) in [6, 6.07) is 3.74. The third-order valence-electron chi connectivity index (χ3n) is 5.06. The normalized spacial score (nSPS) is 11.1. The fourth-order valence-corrected chi connectivity index (χ4v) is 4.33. The highest BCUT2D eigenvalue weighted by Gasteiger charge is 2.22. The van der Waals surface area contributed by atoms with E-state index in [-0.39, 0.29) is 11.1 Å². The molecule has 1 N–H and O–H groups in total. The van der Waals surface area contributed by atoms with Crippen LogP contribution in [0.25, 0.3) is 6.08 Å². The van der Waals surface area contributed by atoms with Crippen LogP contribution in [0.4, 0.5) is 5.00 Å². The molecule has 8 nitrogen and oxygen atoms in total. The molecule has 0 saturated heterocycles. The zero-order valence-electron chi connectivity index (χ0n) is 19.1. The van der Waals surface area contributed by atoms with Gasteiger partial charge < -0.3 is 19.4 Å². The van der Waals surface area contributed by atoms with Crippen LogP contribution in [0.3, 0.4) is 0 Å². The van der Waals surface area contributed by atoms with Crippen LogP contribution in [0.2, 0.25) is 0 Å². The standard InChI is InChI=1S/C23H27N3O5S/c1-7-8-26-13(2)9-17(15(26)4)10-18(11-24)22(28)31-12-19(27)25-21-20(23(29)30-6)14(3)16(5)32-21/h9-10H,7-8,12H2,1-6H3,(H,25,27)/b18-10+. The Morgan fingerprint density at radius 1 is 1.25 bits per heavy atom. The van der Waals surface area contributed by atoms with Crippen LogP contribution in [-0.2, 0) is 25.6 Å². The first-order valence-corrected chi connectivity index (χ1v) is 10.9. The van der Waals surface area contributed by atoms with E-state index < -0.39 is 24.5 Å². The molecule has 2 aromatic rings. The summed E-state index contributed by atoms with van der Waals surface area (Å²) in [4.78, 5) is 37.5. The summed E-state index contributed by atoms with van der Waals surface area (Å²) < 4.78 is 11.9. The van der Waals surface area contributed by atoms with Crippen molar-refractivity contribution in [1.82, 2.24) is 4.57 Å². The molecule has 9 heteroatoms. The summed E-state index contributed by atoms with van der Waals surface area (Å²) in [5.74, 6) is -2.08. The Kier molecular flexibility index (Phi) is 8.38. The van der Waals surface area contributed by atoms with Crippen molar-refractivity contribution in [1.29, 1.82) is 5.26 Å². The van der Waals surface area contributed by atoms with Crippen molar-refractivity contribution in [3.05, 3.63) is 44.6 Å². The summed E-state index contributed by atoms with van der Waals surface area (Å²) in [5.41, 5.74) is 3.51. The lowest BCUT2D eigenvalue weighted by Crippen LogP contribution is -2.22. The minimum Gasteiger partial charge on any atom is -0.465 e. The highest BCUT2D eigenvalue weighted by molar-refractivity contribution is 7.16. The number of carbonyl (C=O) groups is 3. The number of nitriles is 1. The summed E-state index contributed by atoms with van der Waals surface area (Å²) in [6.07, 6.45) is 2.43. The van der Waals surface area contributed by atoms with Gasteiger partial charge in [-0.15, -0.1) is 11.3 Å². The zero-order chi connectivity index (χ0) is 24.0. The topological polar surface area (TPSA) is 110 Å². The first-order valence-electron chi connectivity index (χ1n) is 10.1. The number of nitrogens with zero attached hydrogens (tertiary/aromatic N) is 2. The third kappa shape index (κ3) is 5.45. The van der Waals surface area contributed by atoms with Gasteiger partial charge in [0.2, 0.25) is 0 Å². The largest absolute Gasteiger partial charge is 0.465 e. The lowest BCUT2D eigenvalue weighted by atomic mass is 10.1. The Balaban J connectivity index is 2.10. The van der Waals surface area contributed by atoms with E-state index in [1.807, 2.05) is 32.9 Å². The zero-order valence-corrected chi connectivity index (χ0v) is 19.9. The van der Waals surface area contributed by atoms with E-state index in [1.54, 1.807) is 6.92 Å². The average molecular weight is 458 g/mol. The van der Waals surface area contributed by atoms with Crippen LogP contribution >= 0.6 is 11.3 Å². The van der Waals surface area contributed by atoms with Gasteiger partial charge in [0.1, 0.15) is 16.6 Å². The van der Waals surface area contributed by atoms with Crippen LogP contribution in [0, 0.1) is 39.0 Å². The van der Waals surface area contributed by atoms with Gasteiger partial charge in [-0.05, 0) is 57.4 Å². The minimum absolute atomic E-state index is 0.201. The number of aromatic nitrogens is 1. The molecule has 0 spiro atoms. The number of nitrogens with one attached hydrogen (secondary N) is 1. The second-order valence-electron chi connectivity index (χ2n) is 7.25. The van der Waals surface area contributed by atoms with Gasteiger partial charge in [-0.2, -0.15) is 5.26 Å². The number of esters is 2. The number of hydrogen-bond donors (Lipinski definition) is 1. The van der Waals surface area contributed by atoms with Crippen molar-refractivity contribution in [2.75, 3.05) is 19.0 Å². The maximum atomic E-state index is 12.4. The highest BCUT2D eigenvalue weighted by atomic mass is 32.1. The first-order chi connectivity index (χ1) is 15.1. The number of amides is 1.